The molecule has 0 bridgehead atoms. The fraction of sp³-hybridized carbons (Fsp3) is 0.130. The predicted octanol–water partition coefficient (Wildman–Crippen LogP) is 5.54. The Labute approximate surface area is 163 Å². The van der Waals surface area contributed by atoms with Gasteiger partial charge in [0.15, 0.2) is 5.58 Å². The van der Waals surface area contributed by atoms with Crippen molar-refractivity contribution in [3.8, 4) is 17.2 Å². The summed E-state index contributed by atoms with van der Waals surface area (Å²) in [6.07, 6.45) is 0.916. The first kappa shape index (κ1) is 17.8. The number of anilines is 1. The number of rotatable bonds is 6. The van der Waals surface area contributed by atoms with E-state index >= 15 is 0 Å². The number of aromatic nitrogens is 1. The molecular formula is C23H20N2O3. The van der Waals surface area contributed by atoms with E-state index in [2.05, 4.69) is 10.3 Å². The summed E-state index contributed by atoms with van der Waals surface area (Å²) in [4.78, 5) is 17.1. The number of fused-ring (bicyclic) bond motifs is 1. The number of hydrogen-bond donors (Lipinski definition) is 1. The molecule has 0 aliphatic heterocycles. The van der Waals surface area contributed by atoms with E-state index < -0.39 is 0 Å². The minimum absolute atomic E-state index is 0.201. The third-order valence-electron chi connectivity index (χ3n) is 4.24. The fourth-order valence-corrected chi connectivity index (χ4v) is 2.86. The number of nitrogens with zero attached hydrogens (tertiary/aromatic N) is 1. The minimum Gasteiger partial charge on any atom is -0.494 e. The fourth-order valence-electron chi connectivity index (χ4n) is 2.86. The molecule has 0 spiro atoms. The molecule has 4 rings (SSSR count). The highest BCUT2D eigenvalue weighted by atomic mass is 16.5. The maximum Gasteiger partial charge on any atom is 0.255 e. The molecule has 5 nitrogen and oxygen atoms in total. The number of oxazole rings is 1. The third kappa shape index (κ3) is 3.88. The Balaban J connectivity index is 1.54. The van der Waals surface area contributed by atoms with Gasteiger partial charge < -0.3 is 14.5 Å². The maximum atomic E-state index is 12.6. The summed E-state index contributed by atoms with van der Waals surface area (Å²) in [5, 5.41) is 2.91. The van der Waals surface area contributed by atoms with Gasteiger partial charge in [0.2, 0.25) is 5.89 Å². The molecule has 0 aliphatic rings. The van der Waals surface area contributed by atoms with Crippen molar-refractivity contribution in [1.29, 1.82) is 0 Å². The molecule has 0 atom stereocenters. The summed E-state index contributed by atoms with van der Waals surface area (Å²) in [5.74, 6) is 1.04. The first-order valence-corrected chi connectivity index (χ1v) is 9.23. The van der Waals surface area contributed by atoms with Crippen LogP contribution in [0.25, 0.3) is 22.6 Å². The van der Waals surface area contributed by atoms with Crippen LogP contribution in [0.3, 0.4) is 0 Å². The van der Waals surface area contributed by atoms with Gasteiger partial charge in [-0.3, -0.25) is 4.79 Å². The van der Waals surface area contributed by atoms with Crippen LogP contribution in [-0.2, 0) is 0 Å². The van der Waals surface area contributed by atoms with Crippen LogP contribution in [0.2, 0.25) is 0 Å². The highest BCUT2D eigenvalue weighted by Gasteiger charge is 2.11. The smallest absolute Gasteiger partial charge is 0.255 e. The number of nitrogens with one attached hydrogen (secondary N) is 1. The highest BCUT2D eigenvalue weighted by Crippen LogP contribution is 2.26. The molecule has 0 aliphatic carbocycles. The molecule has 5 heteroatoms. The van der Waals surface area contributed by atoms with Crippen molar-refractivity contribution < 1.29 is 13.9 Å². The molecule has 4 aromatic rings. The summed E-state index contributed by atoms with van der Waals surface area (Å²) < 4.78 is 11.4. The molecule has 0 saturated heterocycles. The molecule has 140 valence electrons. The van der Waals surface area contributed by atoms with E-state index in [1.165, 1.54) is 0 Å². The molecule has 0 saturated carbocycles. The van der Waals surface area contributed by atoms with Crippen molar-refractivity contribution in [3.05, 3.63) is 78.4 Å². The minimum atomic E-state index is -0.201. The average molecular weight is 372 g/mol. The summed E-state index contributed by atoms with van der Waals surface area (Å²) in [7, 11) is 0. The van der Waals surface area contributed by atoms with Crippen molar-refractivity contribution in [2.45, 2.75) is 13.3 Å². The largest absolute Gasteiger partial charge is 0.494 e. The third-order valence-corrected chi connectivity index (χ3v) is 4.24. The number of carbonyl (C=O) groups excluding carboxylic acids is 1. The van der Waals surface area contributed by atoms with E-state index in [1.54, 1.807) is 24.3 Å². The van der Waals surface area contributed by atoms with Crippen LogP contribution < -0.4 is 10.1 Å². The lowest BCUT2D eigenvalue weighted by Crippen LogP contribution is -2.12. The second kappa shape index (κ2) is 7.96. The summed E-state index contributed by atoms with van der Waals surface area (Å²) >= 11 is 0. The summed E-state index contributed by atoms with van der Waals surface area (Å²) in [6.45, 7) is 2.66. The van der Waals surface area contributed by atoms with Crippen LogP contribution in [0, 0.1) is 0 Å². The van der Waals surface area contributed by atoms with E-state index in [-0.39, 0.29) is 5.91 Å². The molecule has 1 heterocycles. The van der Waals surface area contributed by atoms with E-state index in [9.17, 15) is 4.79 Å². The average Bonchev–Trinajstić information content (AvgIpc) is 3.16. The van der Waals surface area contributed by atoms with Crippen LogP contribution >= 0.6 is 0 Å². The predicted molar refractivity (Wildman–Crippen MR) is 110 cm³/mol. The van der Waals surface area contributed by atoms with E-state index in [4.69, 9.17) is 9.15 Å². The van der Waals surface area contributed by atoms with Crippen molar-refractivity contribution in [1.82, 2.24) is 4.98 Å². The lowest BCUT2D eigenvalue weighted by atomic mass is 10.2. The van der Waals surface area contributed by atoms with E-state index in [0.29, 0.717) is 40.6 Å². The Morgan fingerprint density at radius 1 is 1.04 bits per heavy atom. The molecule has 1 N–H and O–H groups in total. The zero-order chi connectivity index (χ0) is 19.3. The standard InChI is InChI=1S/C23H20N2O3/c1-2-13-27-19-10-6-9-17(14-19)22(26)24-18-11-12-21-20(15-18)25-23(28-21)16-7-4-3-5-8-16/h3-12,14-15H,2,13H2,1H3,(H,24,26). The second-order valence-electron chi connectivity index (χ2n) is 6.40. The van der Waals surface area contributed by atoms with Crippen LogP contribution in [0.1, 0.15) is 23.7 Å². The number of amides is 1. The molecule has 0 radical (unpaired) electrons. The van der Waals surface area contributed by atoms with Crippen LogP contribution in [0.5, 0.6) is 5.75 Å². The van der Waals surface area contributed by atoms with Crippen molar-refractivity contribution in [3.63, 3.8) is 0 Å². The maximum absolute atomic E-state index is 12.6. The number of ether oxygens (including phenoxy) is 1. The van der Waals surface area contributed by atoms with Crippen LogP contribution in [-0.4, -0.2) is 17.5 Å². The lowest BCUT2D eigenvalue weighted by Gasteiger charge is -2.08. The first-order chi connectivity index (χ1) is 13.7. The highest BCUT2D eigenvalue weighted by molar-refractivity contribution is 6.05. The zero-order valence-electron chi connectivity index (χ0n) is 15.5. The number of benzene rings is 3. The van der Waals surface area contributed by atoms with Gasteiger partial charge in [0, 0.05) is 16.8 Å². The Bertz CT molecular complexity index is 1100. The molecular weight excluding hydrogens is 352 g/mol. The second-order valence-corrected chi connectivity index (χ2v) is 6.40. The Morgan fingerprint density at radius 3 is 2.71 bits per heavy atom. The Kier molecular flexibility index (Phi) is 5.06. The van der Waals surface area contributed by atoms with Gasteiger partial charge >= 0.3 is 0 Å². The molecule has 0 fully saturated rings. The quantitative estimate of drug-likeness (QED) is 0.483. The molecule has 28 heavy (non-hydrogen) atoms. The van der Waals surface area contributed by atoms with Gasteiger partial charge in [-0.2, -0.15) is 0 Å². The zero-order valence-corrected chi connectivity index (χ0v) is 15.5. The molecule has 1 aromatic heterocycles. The normalized spacial score (nSPS) is 10.8. The number of carbonyl (C=O) groups is 1. The summed E-state index contributed by atoms with van der Waals surface area (Å²) in [6, 6.07) is 22.3. The van der Waals surface area contributed by atoms with Gasteiger partial charge in [0.25, 0.3) is 5.91 Å². The van der Waals surface area contributed by atoms with Crippen molar-refractivity contribution in [2.24, 2.45) is 0 Å². The van der Waals surface area contributed by atoms with Gasteiger partial charge in [-0.15, -0.1) is 0 Å². The SMILES string of the molecule is CCCOc1cccc(C(=O)Nc2ccc3oc(-c4ccccc4)nc3c2)c1. The topological polar surface area (TPSA) is 64.4 Å². The molecule has 0 unspecified atom stereocenters. The van der Waals surface area contributed by atoms with Crippen molar-refractivity contribution >= 4 is 22.7 Å². The van der Waals surface area contributed by atoms with Gasteiger partial charge in [-0.05, 0) is 55.0 Å². The van der Waals surface area contributed by atoms with Crippen LogP contribution in [0.4, 0.5) is 5.69 Å². The van der Waals surface area contributed by atoms with Gasteiger partial charge in [-0.25, -0.2) is 4.98 Å². The monoisotopic (exact) mass is 372 g/mol. The molecule has 1 amide bonds. The lowest BCUT2D eigenvalue weighted by molar-refractivity contribution is 0.102. The first-order valence-electron chi connectivity index (χ1n) is 9.23. The van der Waals surface area contributed by atoms with Gasteiger partial charge in [0.1, 0.15) is 11.3 Å². The van der Waals surface area contributed by atoms with E-state index in [1.807, 2.05) is 55.5 Å². The van der Waals surface area contributed by atoms with E-state index in [0.717, 1.165) is 12.0 Å². The van der Waals surface area contributed by atoms with Gasteiger partial charge in [0.05, 0.1) is 6.61 Å². The van der Waals surface area contributed by atoms with Gasteiger partial charge in [-0.1, -0.05) is 31.2 Å². The summed E-state index contributed by atoms with van der Waals surface area (Å²) in [5.41, 5.74) is 3.47. The Morgan fingerprint density at radius 2 is 1.89 bits per heavy atom. The molecule has 3 aromatic carbocycles. The number of hydrogen-bond acceptors (Lipinski definition) is 4. The van der Waals surface area contributed by atoms with Crippen molar-refractivity contribution in [2.75, 3.05) is 11.9 Å². The van der Waals surface area contributed by atoms with Crippen LogP contribution in [0.15, 0.2) is 77.2 Å². The Hall–Kier alpha value is -3.60.